The van der Waals surface area contributed by atoms with Gasteiger partial charge in [0.1, 0.15) is 5.52 Å². The van der Waals surface area contributed by atoms with Crippen molar-refractivity contribution in [1.82, 2.24) is 13.9 Å². The summed E-state index contributed by atoms with van der Waals surface area (Å²) in [7, 11) is -3.68. The highest BCUT2D eigenvalue weighted by Gasteiger charge is 2.22. The number of fused-ring (bicyclic) bond motifs is 1. The van der Waals surface area contributed by atoms with Gasteiger partial charge in [0, 0.05) is 0 Å². The van der Waals surface area contributed by atoms with Crippen LogP contribution in [-0.4, -0.2) is 22.4 Å². The summed E-state index contributed by atoms with van der Waals surface area (Å²) in [4.78, 5) is 8.10. The van der Waals surface area contributed by atoms with Crippen LogP contribution in [0, 0.1) is 3.70 Å². The maximum atomic E-state index is 12.7. The molecule has 20 heavy (non-hydrogen) atoms. The standard InChI is InChI=1S/C12H7ClIN3O2S/c13-12-15-7-10-9(16-12)6-11(14)17(10)20(18,19)8-4-2-1-3-5-8/h1-7H. The lowest BCUT2D eigenvalue weighted by Crippen LogP contribution is -2.14. The van der Waals surface area contributed by atoms with Crippen molar-refractivity contribution in [3.63, 3.8) is 0 Å². The highest BCUT2D eigenvalue weighted by Crippen LogP contribution is 2.25. The molecule has 0 bridgehead atoms. The Hall–Kier alpha value is -1.19. The quantitative estimate of drug-likeness (QED) is 0.473. The molecule has 0 radical (unpaired) electrons. The van der Waals surface area contributed by atoms with Crippen molar-refractivity contribution in [2.45, 2.75) is 4.90 Å². The first-order chi connectivity index (χ1) is 9.50. The van der Waals surface area contributed by atoms with Gasteiger partial charge in [0.05, 0.1) is 20.3 Å². The van der Waals surface area contributed by atoms with Crippen molar-refractivity contribution in [1.29, 1.82) is 0 Å². The molecule has 3 aromatic rings. The molecule has 0 saturated carbocycles. The van der Waals surface area contributed by atoms with Crippen LogP contribution < -0.4 is 0 Å². The van der Waals surface area contributed by atoms with E-state index in [-0.39, 0.29) is 10.2 Å². The highest BCUT2D eigenvalue weighted by atomic mass is 127. The van der Waals surface area contributed by atoms with E-state index < -0.39 is 10.0 Å². The summed E-state index contributed by atoms with van der Waals surface area (Å²) in [6.07, 6.45) is 1.41. The number of rotatable bonds is 2. The fourth-order valence-corrected chi connectivity index (χ4v) is 4.72. The molecule has 0 N–H and O–H groups in total. The van der Waals surface area contributed by atoms with Gasteiger partial charge >= 0.3 is 0 Å². The normalized spacial score (nSPS) is 11.9. The number of halogens is 2. The van der Waals surface area contributed by atoms with Crippen molar-refractivity contribution >= 4 is 55.2 Å². The smallest absolute Gasteiger partial charge is 0.225 e. The fourth-order valence-electron chi connectivity index (χ4n) is 1.86. The van der Waals surface area contributed by atoms with E-state index in [1.54, 1.807) is 36.4 Å². The molecule has 0 spiro atoms. The Balaban J connectivity index is 2.32. The molecule has 102 valence electrons. The van der Waals surface area contributed by atoms with Crippen molar-refractivity contribution in [3.8, 4) is 0 Å². The Kier molecular flexibility index (Phi) is 3.43. The molecule has 0 unspecified atom stereocenters. The highest BCUT2D eigenvalue weighted by molar-refractivity contribution is 14.1. The van der Waals surface area contributed by atoms with Crippen molar-refractivity contribution in [3.05, 3.63) is 51.6 Å². The van der Waals surface area contributed by atoms with Crippen LogP contribution >= 0.6 is 34.2 Å². The van der Waals surface area contributed by atoms with Gasteiger partial charge in [-0.15, -0.1) is 0 Å². The first-order valence-electron chi connectivity index (χ1n) is 5.50. The minimum absolute atomic E-state index is 0.0863. The Labute approximate surface area is 133 Å². The molecule has 0 saturated heterocycles. The number of hydrogen-bond donors (Lipinski definition) is 0. The van der Waals surface area contributed by atoms with E-state index in [4.69, 9.17) is 11.6 Å². The summed E-state index contributed by atoms with van der Waals surface area (Å²) in [5.41, 5.74) is 0.900. The second kappa shape index (κ2) is 4.97. The maximum Gasteiger partial charge on any atom is 0.269 e. The number of nitrogens with zero attached hydrogens (tertiary/aromatic N) is 3. The topological polar surface area (TPSA) is 64.8 Å². The minimum atomic E-state index is -3.68. The Morgan fingerprint density at radius 2 is 1.90 bits per heavy atom. The first-order valence-corrected chi connectivity index (χ1v) is 8.40. The van der Waals surface area contributed by atoms with E-state index in [9.17, 15) is 8.42 Å². The molecular weight excluding hydrogens is 413 g/mol. The Morgan fingerprint density at radius 1 is 1.20 bits per heavy atom. The van der Waals surface area contributed by atoms with Gasteiger partial charge < -0.3 is 0 Å². The molecule has 8 heteroatoms. The molecule has 2 aromatic heterocycles. The number of hydrogen-bond acceptors (Lipinski definition) is 4. The van der Waals surface area contributed by atoms with Gasteiger partial charge in [-0.3, -0.25) is 0 Å². The molecule has 0 aliphatic rings. The summed E-state index contributed by atoms with van der Waals surface area (Å²) in [6.45, 7) is 0. The van der Waals surface area contributed by atoms with Gasteiger partial charge in [-0.05, 0) is 52.4 Å². The zero-order valence-corrected chi connectivity index (χ0v) is 13.6. The van der Waals surface area contributed by atoms with E-state index in [1.807, 2.05) is 22.6 Å². The summed E-state index contributed by atoms with van der Waals surface area (Å²) < 4.78 is 27.1. The fraction of sp³-hybridized carbons (Fsp3) is 0. The van der Waals surface area contributed by atoms with Crippen LogP contribution in [0.25, 0.3) is 11.0 Å². The van der Waals surface area contributed by atoms with Crippen molar-refractivity contribution in [2.24, 2.45) is 0 Å². The third kappa shape index (κ3) is 2.19. The van der Waals surface area contributed by atoms with Crippen LogP contribution in [0.15, 0.2) is 47.5 Å². The van der Waals surface area contributed by atoms with Gasteiger partial charge in [0.25, 0.3) is 10.0 Å². The largest absolute Gasteiger partial charge is 0.269 e. The first kappa shape index (κ1) is 13.8. The van der Waals surface area contributed by atoms with E-state index in [0.29, 0.717) is 14.7 Å². The van der Waals surface area contributed by atoms with Crippen LogP contribution in [0.1, 0.15) is 0 Å². The lowest BCUT2D eigenvalue weighted by atomic mass is 10.4. The van der Waals surface area contributed by atoms with Crippen LogP contribution in [0.3, 0.4) is 0 Å². The molecular formula is C12H7ClIN3O2S. The predicted molar refractivity (Wildman–Crippen MR) is 84.3 cm³/mol. The van der Waals surface area contributed by atoms with E-state index in [0.717, 1.165) is 0 Å². The third-order valence-corrected chi connectivity index (χ3v) is 5.76. The summed E-state index contributed by atoms with van der Waals surface area (Å²) >= 11 is 7.68. The lowest BCUT2D eigenvalue weighted by molar-refractivity contribution is 0.588. The molecule has 0 amide bonds. The van der Waals surface area contributed by atoms with Crippen LogP contribution in [0.4, 0.5) is 0 Å². The molecule has 0 fully saturated rings. The molecule has 3 rings (SSSR count). The minimum Gasteiger partial charge on any atom is -0.225 e. The van der Waals surface area contributed by atoms with Gasteiger partial charge in [-0.2, -0.15) is 0 Å². The second-order valence-corrected chi connectivity index (χ2v) is 7.19. The van der Waals surface area contributed by atoms with Gasteiger partial charge in [0.2, 0.25) is 5.28 Å². The SMILES string of the molecule is O=S(=O)(c1ccccc1)n1c(I)cc2nc(Cl)ncc21. The molecule has 1 aromatic carbocycles. The summed E-state index contributed by atoms with van der Waals surface area (Å²) in [5, 5.41) is 0.0863. The average molecular weight is 420 g/mol. The van der Waals surface area contributed by atoms with Gasteiger partial charge in [0.15, 0.2) is 0 Å². The average Bonchev–Trinajstić information content (AvgIpc) is 2.75. The van der Waals surface area contributed by atoms with E-state index >= 15 is 0 Å². The third-order valence-electron chi connectivity index (χ3n) is 2.72. The van der Waals surface area contributed by atoms with Crippen LogP contribution in [-0.2, 0) is 10.0 Å². The zero-order chi connectivity index (χ0) is 14.3. The molecule has 0 aliphatic heterocycles. The zero-order valence-electron chi connectivity index (χ0n) is 9.86. The summed E-state index contributed by atoms with van der Waals surface area (Å²) in [6, 6.07) is 9.88. The van der Waals surface area contributed by atoms with Crippen LogP contribution in [0.5, 0.6) is 0 Å². The second-order valence-electron chi connectivity index (χ2n) is 3.96. The molecule has 0 aliphatic carbocycles. The number of benzene rings is 1. The van der Waals surface area contributed by atoms with E-state index in [2.05, 4.69) is 9.97 Å². The lowest BCUT2D eigenvalue weighted by Gasteiger charge is -2.08. The monoisotopic (exact) mass is 419 g/mol. The molecule has 2 heterocycles. The van der Waals surface area contributed by atoms with Crippen molar-refractivity contribution in [2.75, 3.05) is 0 Å². The Morgan fingerprint density at radius 3 is 2.60 bits per heavy atom. The molecule has 0 atom stereocenters. The number of aromatic nitrogens is 3. The maximum absolute atomic E-state index is 12.7. The summed E-state index contributed by atoms with van der Waals surface area (Å²) in [5.74, 6) is 0. The Bertz CT molecular complexity index is 894. The predicted octanol–water partition coefficient (Wildman–Crippen LogP) is 2.93. The van der Waals surface area contributed by atoms with E-state index in [1.165, 1.54) is 10.2 Å². The van der Waals surface area contributed by atoms with Gasteiger partial charge in [-0.1, -0.05) is 18.2 Å². The van der Waals surface area contributed by atoms with Crippen LogP contribution in [0.2, 0.25) is 5.28 Å². The van der Waals surface area contributed by atoms with Crippen molar-refractivity contribution < 1.29 is 8.42 Å². The van der Waals surface area contributed by atoms with Gasteiger partial charge in [-0.25, -0.2) is 22.4 Å². The molecule has 5 nitrogen and oxygen atoms in total.